The van der Waals surface area contributed by atoms with E-state index in [1.165, 1.54) is 23.5 Å². The molecule has 0 radical (unpaired) electrons. The van der Waals surface area contributed by atoms with Crippen molar-refractivity contribution < 1.29 is 0 Å². The monoisotopic (exact) mass is 237 g/mol. The Morgan fingerprint density at radius 2 is 2.38 bits per heavy atom. The average Bonchev–Trinajstić information content (AvgIpc) is 2.61. The van der Waals surface area contributed by atoms with E-state index in [1.807, 2.05) is 30.2 Å². The van der Waals surface area contributed by atoms with Crippen molar-refractivity contribution >= 4 is 11.8 Å². The topological polar surface area (TPSA) is 42.1 Å². The first kappa shape index (κ1) is 11.9. The van der Waals surface area contributed by atoms with Crippen LogP contribution in [0.1, 0.15) is 18.0 Å². The van der Waals surface area contributed by atoms with Crippen LogP contribution in [0.15, 0.2) is 24.5 Å². The first-order chi connectivity index (χ1) is 7.92. The number of nitrogens with two attached hydrogens (primary N) is 1. The van der Waals surface area contributed by atoms with Gasteiger partial charge in [-0.15, -0.1) is 0 Å². The van der Waals surface area contributed by atoms with Crippen molar-refractivity contribution in [1.82, 2.24) is 9.88 Å². The maximum Gasteiger partial charge on any atom is 0.0486 e. The molecule has 1 aliphatic heterocycles. The SMILES string of the molecule is NCC(c1cccnc1)N1CCCSCC1. The highest BCUT2D eigenvalue weighted by molar-refractivity contribution is 7.99. The van der Waals surface area contributed by atoms with Crippen LogP contribution >= 0.6 is 11.8 Å². The predicted octanol–water partition coefficient (Wildman–Crippen LogP) is 1.52. The summed E-state index contributed by atoms with van der Waals surface area (Å²) in [4.78, 5) is 6.68. The van der Waals surface area contributed by atoms with Crippen LogP contribution in [0.4, 0.5) is 0 Å². The smallest absolute Gasteiger partial charge is 0.0486 e. The van der Waals surface area contributed by atoms with Gasteiger partial charge in [0.15, 0.2) is 0 Å². The lowest BCUT2D eigenvalue weighted by atomic mass is 10.1. The minimum atomic E-state index is 0.340. The molecule has 1 atom stereocenters. The lowest BCUT2D eigenvalue weighted by molar-refractivity contribution is 0.217. The second-order valence-corrected chi connectivity index (χ2v) is 5.26. The van der Waals surface area contributed by atoms with Gasteiger partial charge in [-0.2, -0.15) is 11.8 Å². The van der Waals surface area contributed by atoms with Crippen LogP contribution in [0, 0.1) is 0 Å². The molecular formula is C12H19N3S. The van der Waals surface area contributed by atoms with Gasteiger partial charge in [0.2, 0.25) is 0 Å². The van der Waals surface area contributed by atoms with Crippen LogP contribution < -0.4 is 5.73 Å². The van der Waals surface area contributed by atoms with Gasteiger partial charge in [-0.1, -0.05) is 6.07 Å². The minimum absolute atomic E-state index is 0.340. The summed E-state index contributed by atoms with van der Waals surface area (Å²) in [5.41, 5.74) is 7.16. The van der Waals surface area contributed by atoms with Gasteiger partial charge in [0.1, 0.15) is 0 Å². The van der Waals surface area contributed by atoms with Crippen LogP contribution in [0.5, 0.6) is 0 Å². The van der Waals surface area contributed by atoms with Crippen LogP contribution in [-0.4, -0.2) is 41.0 Å². The van der Waals surface area contributed by atoms with Crippen molar-refractivity contribution in [2.75, 3.05) is 31.1 Å². The fourth-order valence-electron chi connectivity index (χ4n) is 2.15. The van der Waals surface area contributed by atoms with E-state index in [0.717, 1.165) is 13.1 Å². The number of hydrogen-bond acceptors (Lipinski definition) is 4. The van der Waals surface area contributed by atoms with Gasteiger partial charge in [-0.3, -0.25) is 9.88 Å². The molecule has 0 aliphatic carbocycles. The number of pyridine rings is 1. The molecule has 1 saturated heterocycles. The second-order valence-electron chi connectivity index (χ2n) is 4.04. The summed E-state index contributed by atoms with van der Waals surface area (Å²) in [6.45, 7) is 2.97. The molecule has 16 heavy (non-hydrogen) atoms. The van der Waals surface area contributed by atoms with Gasteiger partial charge >= 0.3 is 0 Å². The van der Waals surface area contributed by atoms with E-state index < -0.39 is 0 Å². The van der Waals surface area contributed by atoms with Gasteiger partial charge in [-0.25, -0.2) is 0 Å². The summed E-state index contributed by atoms with van der Waals surface area (Å²) in [7, 11) is 0. The quantitative estimate of drug-likeness (QED) is 0.865. The first-order valence-corrected chi connectivity index (χ1v) is 6.99. The number of aromatic nitrogens is 1. The van der Waals surface area contributed by atoms with Crippen LogP contribution in [0.3, 0.4) is 0 Å². The number of hydrogen-bond donors (Lipinski definition) is 1. The molecule has 2 heterocycles. The molecule has 2 rings (SSSR count). The van der Waals surface area contributed by atoms with E-state index in [-0.39, 0.29) is 0 Å². The Kier molecular flexibility index (Phi) is 4.63. The third-order valence-electron chi connectivity index (χ3n) is 2.99. The molecule has 0 amide bonds. The minimum Gasteiger partial charge on any atom is -0.329 e. The largest absolute Gasteiger partial charge is 0.329 e. The molecule has 0 aromatic carbocycles. The van der Waals surface area contributed by atoms with E-state index >= 15 is 0 Å². The van der Waals surface area contributed by atoms with Crippen LogP contribution in [0.2, 0.25) is 0 Å². The number of nitrogens with zero attached hydrogens (tertiary/aromatic N) is 2. The summed E-state index contributed by atoms with van der Waals surface area (Å²) >= 11 is 2.04. The maximum atomic E-state index is 5.91. The molecule has 1 aliphatic rings. The van der Waals surface area contributed by atoms with E-state index in [4.69, 9.17) is 5.73 Å². The third-order valence-corrected chi connectivity index (χ3v) is 4.04. The van der Waals surface area contributed by atoms with Gasteiger partial charge in [-0.05, 0) is 30.3 Å². The summed E-state index contributed by atoms with van der Waals surface area (Å²) in [5, 5.41) is 0. The van der Waals surface area contributed by atoms with Gasteiger partial charge in [0, 0.05) is 37.3 Å². The summed E-state index contributed by atoms with van der Waals surface area (Å²) in [5.74, 6) is 2.50. The van der Waals surface area contributed by atoms with Crippen LogP contribution in [0.25, 0.3) is 0 Å². The normalized spacial score (nSPS) is 20.3. The standard InChI is InChI=1S/C12H19N3S/c13-9-12(11-3-1-4-14-10-11)15-5-2-7-16-8-6-15/h1,3-4,10,12H,2,5-9,13H2. The molecule has 0 bridgehead atoms. The van der Waals surface area contributed by atoms with Crippen molar-refractivity contribution in [2.24, 2.45) is 5.73 Å². The van der Waals surface area contributed by atoms with Gasteiger partial charge in [0.25, 0.3) is 0 Å². The lowest BCUT2D eigenvalue weighted by Gasteiger charge is -2.29. The first-order valence-electron chi connectivity index (χ1n) is 5.83. The molecule has 88 valence electrons. The van der Waals surface area contributed by atoms with E-state index in [2.05, 4.69) is 16.0 Å². The molecule has 2 N–H and O–H groups in total. The van der Waals surface area contributed by atoms with Crippen molar-refractivity contribution in [1.29, 1.82) is 0 Å². The molecule has 1 unspecified atom stereocenters. The predicted molar refractivity (Wildman–Crippen MR) is 69.5 cm³/mol. The Morgan fingerprint density at radius 3 is 3.12 bits per heavy atom. The Bertz CT molecular complexity index is 296. The molecule has 1 fully saturated rings. The molecule has 1 aromatic heterocycles. The fourth-order valence-corrected chi connectivity index (χ4v) is 3.05. The van der Waals surface area contributed by atoms with Crippen molar-refractivity contribution in [3.8, 4) is 0 Å². The van der Waals surface area contributed by atoms with Crippen molar-refractivity contribution in [3.05, 3.63) is 30.1 Å². The fraction of sp³-hybridized carbons (Fsp3) is 0.583. The highest BCUT2D eigenvalue weighted by Gasteiger charge is 2.20. The number of thioether (sulfide) groups is 1. The van der Waals surface area contributed by atoms with Crippen LogP contribution in [-0.2, 0) is 0 Å². The zero-order valence-electron chi connectivity index (χ0n) is 9.51. The summed E-state index contributed by atoms with van der Waals surface area (Å²) < 4.78 is 0. The Labute approximate surface area is 101 Å². The van der Waals surface area contributed by atoms with E-state index in [1.54, 1.807) is 0 Å². The zero-order valence-corrected chi connectivity index (χ0v) is 10.3. The maximum absolute atomic E-state index is 5.91. The Morgan fingerprint density at radius 1 is 1.44 bits per heavy atom. The zero-order chi connectivity index (χ0) is 11.2. The third kappa shape index (κ3) is 2.97. The second kappa shape index (κ2) is 6.23. The summed E-state index contributed by atoms with van der Waals surface area (Å²) in [6.07, 6.45) is 5.02. The highest BCUT2D eigenvalue weighted by Crippen LogP contribution is 2.22. The average molecular weight is 237 g/mol. The van der Waals surface area contributed by atoms with Crippen molar-refractivity contribution in [2.45, 2.75) is 12.5 Å². The lowest BCUT2D eigenvalue weighted by Crippen LogP contribution is -2.35. The van der Waals surface area contributed by atoms with Crippen molar-refractivity contribution in [3.63, 3.8) is 0 Å². The molecular weight excluding hydrogens is 218 g/mol. The summed E-state index contributed by atoms with van der Waals surface area (Å²) in [6, 6.07) is 4.46. The molecule has 0 spiro atoms. The molecule has 0 saturated carbocycles. The molecule has 3 nitrogen and oxygen atoms in total. The van der Waals surface area contributed by atoms with E-state index in [0.29, 0.717) is 12.6 Å². The molecule has 4 heteroatoms. The Hall–Kier alpha value is -0.580. The number of rotatable bonds is 3. The van der Waals surface area contributed by atoms with E-state index in [9.17, 15) is 0 Å². The Balaban J connectivity index is 2.09. The van der Waals surface area contributed by atoms with Gasteiger partial charge in [0.05, 0.1) is 0 Å². The van der Waals surface area contributed by atoms with Gasteiger partial charge < -0.3 is 5.73 Å². The molecule has 1 aromatic rings. The highest BCUT2D eigenvalue weighted by atomic mass is 32.2.